The summed E-state index contributed by atoms with van der Waals surface area (Å²) in [4.78, 5) is 4.46. The molecule has 3 rings (SSSR count). The minimum atomic E-state index is 0.559. The molecule has 0 radical (unpaired) electrons. The Bertz CT molecular complexity index is 721. The molecule has 0 aliphatic heterocycles. The first kappa shape index (κ1) is 11.2. The fraction of sp³-hybridized carbons (Fsp3) is 0. The molecule has 1 heterocycles. The van der Waals surface area contributed by atoms with Crippen molar-refractivity contribution in [1.82, 2.24) is 4.98 Å². The van der Waals surface area contributed by atoms with Gasteiger partial charge in [0, 0.05) is 11.1 Å². The number of hydrogen-bond acceptors (Lipinski definition) is 3. The summed E-state index contributed by atoms with van der Waals surface area (Å²) in [5, 5.41) is 8.76. The SMILES string of the molecule is N#Cc1ccc(-c2nc(-c3ccccc3)co2)cc1. The lowest BCUT2D eigenvalue weighted by Gasteiger charge is -1.95. The average molecular weight is 246 g/mol. The van der Waals surface area contributed by atoms with E-state index in [0.29, 0.717) is 11.5 Å². The second-order valence-corrected chi connectivity index (χ2v) is 4.09. The highest BCUT2D eigenvalue weighted by Crippen LogP contribution is 2.24. The maximum absolute atomic E-state index is 8.76. The van der Waals surface area contributed by atoms with Crippen LogP contribution < -0.4 is 0 Å². The van der Waals surface area contributed by atoms with E-state index in [1.54, 1.807) is 18.4 Å². The zero-order chi connectivity index (χ0) is 13.1. The van der Waals surface area contributed by atoms with Gasteiger partial charge in [0.2, 0.25) is 5.89 Å². The first-order chi connectivity index (χ1) is 9.36. The van der Waals surface area contributed by atoms with Crippen LogP contribution >= 0.6 is 0 Å². The van der Waals surface area contributed by atoms with Crippen LogP contribution in [-0.2, 0) is 0 Å². The third-order valence-electron chi connectivity index (χ3n) is 2.83. The lowest BCUT2D eigenvalue weighted by molar-refractivity contribution is 0.575. The summed E-state index contributed by atoms with van der Waals surface area (Å²) in [5.41, 5.74) is 3.31. The molecular weight excluding hydrogens is 236 g/mol. The van der Waals surface area contributed by atoms with E-state index in [1.807, 2.05) is 42.5 Å². The molecule has 0 aliphatic rings. The van der Waals surface area contributed by atoms with Crippen LogP contribution in [-0.4, -0.2) is 4.98 Å². The standard InChI is InChI=1S/C16H10N2O/c17-10-12-6-8-14(9-7-12)16-18-15(11-19-16)13-4-2-1-3-5-13/h1-9,11H. The fourth-order valence-corrected chi connectivity index (χ4v) is 1.84. The number of nitrogens with zero attached hydrogens (tertiary/aromatic N) is 2. The van der Waals surface area contributed by atoms with Gasteiger partial charge in [0.25, 0.3) is 0 Å². The predicted octanol–water partition coefficient (Wildman–Crippen LogP) is 3.88. The third-order valence-corrected chi connectivity index (χ3v) is 2.83. The molecule has 3 heteroatoms. The van der Waals surface area contributed by atoms with E-state index in [9.17, 15) is 0 Å². The topological polar surface area (TPSA) is 49.8 Å². The Morgan fingerprint density at radius 2 is 1.63 bits per heavy atom. The second kappa shape index (κ2) is 4.79. The van der Waals surface area contributed by atoms with Gasteiger partial charge in [-0.15, -0.1) is 0 Å². The van der Waals surface area contributed by atoms with Gasteiger partial charge in [0.1, 0.15) is 12.0 Å². The Hall–Kier alpha value is -2.86. The molecule has 0 unspecified atom stereocenters. The van der Waals surface area contributed by atoms with E-state index < -0.39 is 0 Å². The minimum Gasteiger partial charge on any atom is -0.444 e. The van der Waals surface area contributed by atoms with Gasteiger partial charge >= 0.3 is 0 Å². The molecule has 0 bridgehead atoms. The molecule has 90 valence electrons. The van der Waals surface area contributed by atoms with Gasteiger partial charge in [-0.2, -0.15) is 5.26 Å². The average Bonchev–Trinajstić information content (AvgIpc) is 2.98. The molecule has 3 aromatic rings. The molecule has 0 spiro atoms. The van der Waals surface area contributed by atoms with E-state index in [4.69, 9.17) is 9.68 Å². The Morgan fingerprint density at radius 1 is 0.895 bits per heavy atom. The molecule has 3 nitrogen and oxygen atoms in total. The van der Waals surface area contributed by atoms with Crippen LogP contribution in [0.3, 0.4) is 0 Å². The molecule has 0 fully saturated rings. The Labute approximate surface area is 110 Å². The maximum Gasteiger partial charge on any atom is 0.226 e. The Kier molecular flexibility index (Phi) is 2.83. The van der Waals surface area contributed by atoms with Crippen molar-refractivity contribution in [3.05, 3.63) is 66.4 Å². The third kappa shape index (κ3) is 2.24. The number of oxazole rings is 1. The quantitative estimate of drug-likeness (QED) is 0.689. The van der Waals surface area contributed by atoms with E-state index in [-0.39, 0.29) is 0 Å². The largest absolute Gasteiger partial charge is 0.444 e. The molecule has 0 saturated carbocycles. The predicted molar refractivity (Wildman–Crippen MR) is 72.1 cm³/mol. The van der Waals surface area contributed by atoms with Crippen LogP contribution in [0.5, 0.6) is 0 Å². The minimum absolute atomic E-state index is 0.559. The van der Waals surface area contributed by atoms with E-state index >= 15 is 0 Å². The molecule has 1 aromatic heterocycles. The van der Waals surface area contributed by atoms with Gasteiger partial charge in [-0.3, -0.25) is 0 Å². The van der Waals surface area contributed by atoms with Crippen molar-refractivity contribution in [2.75, 3.05) is 0 Å². The summed E-state index contributed by atoms with van der Waals surface area (Å²) >= 11 is 0. The highest BCUT2D eigenvalue weighted by atomic mass is 16.3. The molecule has 19 heavy (non-hydrogen) atoms. The Balaban J connectivity index is 1.95. The normalized spacial score (nSPS) is 10.1. The first-order valence-corrected chi connectivity index (χ1v) is 5.88. The zero-order valence-corrected chi connectivity index (χ0v) is 10.1. The molecular formula is C16H10N2O. The maximum atomic E-state index is 8.76. The summed E-state index contributed by atoms with van der Waals surface area (Å²) in [6, 6.07) is 19.1. The van der Waals surface area contributed by atoms with Gasteiger partial charge in [0.15, 0.2) is 0 Å². The summed E-state index contributed by atoms with van der Waals surface area (Å²) in [7, 11) is 0. The molecule has 0 aliphatic carbocycles. The number of hydrogen-bond donors (Lipinski definition) is 0. The number of nitriles is 1. The summed E-state index contributed by atoms with van der Waals surface area (Å²) < 4.78 is 5.48. The highest BCUT2D eigenvalue weighted by molar-refractivity contribution is 5.63. The fourth-order valence-electron chi connectivity index (χ4n) is 1.84. The van der Waals surface area contributed by atoms with Gasteiger partial charge in [-0.25, -0.2) is 4.98 Å². The van der Waals surface area contributed by atoms with Crippen molar-refractivity contribution < 1.29 is 4.42 Å². The van der Waals surface area contributed by atoms with Gasteiger partial charge in [-0.05, 0) is 24.3 Å². The van der Waals surface area contributed by atoms with Crippen molar-refractivity contribution >= 4 is 0 Å². The molecule has 0 saturated heterocycles. The van der Waals surface area contributed by atoms with Gasteiger partial charge in [-0.1, -0.05) is 30.3 Å². The zero-order valence-electron chi connectivity index (χ0n) is 10.1. The van der Waals surface area contributed by atoms with Crippen LogP contribution in [0.4, 0.5) is 0 Å². The summed E-state index contributed by atoms with van der Waals surface area (Å²) in [6.45, 7) is 0. The highest BCUT2D eigenvalue weighted by Gasteiger charge is 2.07. The number of aromatic nitrogens is 1. The van der Waals surface area contributed by atoms with E-state index in [0.717, 1.165) is 16.8 Å². The molecule has 0 atom stereocenters. The number of benzene rings is 2. The first-order valence-electron chi connectivity index (χ1n) is 5.88. The van der Waals surface area contributed by atoms with Crippen LogP contribution in [0.15, 0.2) is 65.3 Å². The summed E-state index contributed by atoms with van der Waals surface area (Å²) in [6.07, 6.45) is 1.64. The molecule has 0 N–H and O–H groups in total. The van der Waals surface area contributed by atoms with E-state index in [1.165, 1.54) is 0 Å². The Morgan fingerprint density at radius 3 is 2.32 bits per heavy atom. The van der Waals surface area contributed by atoms with Crippen LogP contribution in [0.1, 0.15) is 5.56 Å². The number of rotatable bonds is 2. The monoisotopic (exact) mass is 246 g/mol. The lowest BCUT2D eigenvalue weighted by atomic mass is 10.1. The van der Waals surface area contributed by atoms with Crippen LogP contribution in [0.2, 0.25) is 0 Å². The second-order valence-electron chi connectivity index (χ2n) is 4.09. The van der Waals surface area contributed by atoms with Crippen molar-refractivity contribution in [2.45, 2.75) is 0 Å². The molecule has 2 aromatic carbocycles. The molecule has 0 amide bonds. The van der Waals surface area contributed by atoms with Crippen molar-refractivity contribution in [3.63, 3.8) is 0 Å². The van der Waals surface area contributed by atoms with Gasteiger partial charge in [0.05, 0.1) is 11.6 Å². The van der Waals surface area contributed by atoms with Crippen molar-refractivity contribution in [2.24, 2.45) is 0 Å². The van der Waals surface area contributed by atoms with Gasteiger partial charge < -0.3 is 4.42 Å². The lowest BCUT2D eigenvalue weighted by Crippen LogP contribution is -1.80. The van der Waals surface area contributed by atoms with Crippen molar-refractivity contribution in [3.8, 4) is 28.8 Å². The summed E-state index contributed by atoms with van der Waals surface area (Å²) in [5.74, 6) is 0.559. The van der Waals surface area contributed by atoms with E-state index in [2.05, 4.69) is 11.1 Å². The van der Waals surface area contributed by atoms with Crippen molar-refractivity contribution in [1.29, 1.82) is 5.26 Å². The smallest absolute Gasteiger partial charge is 0.226 e. The van der Waals surface area contributed by atoms with Crippen LogP contribution in [0.25, 0.3) is 22.7 Å². The van der Waals surface area contributed by atoms with Crippen LogP contribution in [0, 0.1) is 11.3 Å².